The molecule has 0 spiro atoms. The molecule has 5 heteroatoms. The fourth-order valence-corrected chi connectivity index (χ4v) is 2.48. The normalized spacial score (nSPS) is 17.7. The summed E-state index contributed by atoms with van der Waals surface area (Å²) < 4.78 is 0. The highest BCUT2D eigenvalue weighted by Gasteiger charge is 2.41. The van der Waals surface area contributed by atoms with Gasteiger partial charge < -0.3 is 11.1 Å². The van der Waals surface area contributed by atoms with Crippen molar-refractivity contribution in [1.29, 1.82) is 0 Å². The molecule has 5 nitrogen and oxygen atoms in total. The number of aromatic nitrogens is 2. The van der Waals surface area contributed by atoms with E-state index in [1.807, 2.05) is 13.0 Å². The topological polar surface area (TPSA) is 80.9 Å². The Kier molecular flexibility index (Phi) is 3.14. The summed E-state index contributed by atoms with van der Waals surface area (Å²) >= 11 is 0. The first-order valence-electron chi connectivity index (χ1n) is 6.86. The van der Waals surface area contributed by atoms with Crippen molar-refractivity contribution < 1.29 is 4.79 Å². The first kappa shape index (κ1) is 13.0. The standard InChI is InChI=1S/C15H18N4O/c1-15(9-16,11-3-4-11)19-14(20)10-2-5-12-13(8-10)18-7-6-17-12/h2,5-8,11H,3-4,9,16H2,1H3,(H,19,20). The molecule has 1 aromatic heterocycles. The van der Waals surface area contributed by atoms with Crippen LogP contribution in [0.25, 0.3) is 11.0 Å². The second kappa shape index (κ2) is 4.83. The molecule has 3 N–H and O–H groups in total. The van der Waals surface area contributed by atoms with Gasteiger partial charge in [0.25, 0.3) is 5.91 Å². The SMILES string of the molecule is CC(CN)(NC(=O)c1ccc2nccnc2c1)C1CC1. The zero-order chi connectivity index (χ0) is 14.2. The Morgan fingerprint density at radius 3 is 2.70 bits per heavy atom. The van der Waals surface area contributed by atoms with E-state index in [1.165, 1.54) is 0 Å². The Morgan fingerprint density at radius 1 is 1.35 bits per heavy atom. The predicted octanol–water partition coefficient (Wildman–Crippen LogP) is 1.49. The van der Waals surface area contributed by atoms with Gasteiger partial charge in [0.05, 0.1) is 16.6 Å². The zero-order valence-electron chi connectivity index (χ0n) is 11.5. The van der Waals surface area contributed by atoms with Crippen LogP contribution < -0.4 is 11.1 Å². The van der Waals surface area contributed by atoms with E-state index >= 15 is 0 Å². The molecule has 0 bridgehead atoms. The van der Waals surface area contributed by atoms with Gasteiger partial charge in [0.15, 0.2) is 0 Å². The number of nitrogens with two attached hydrogens (primary N) is 1. The van der Waals surface area contributed by atoms with Gasteiger partial charge in [-0.2, -0.15) is 0 Å². The summed E-state index contributed by atoms with van der Waals surface area (Å²) in [5.41, 5.74) is 7.62. The third kappa shape index (κ3) is 2.36. The molecule has 0 radical (unpaired) electrons. The van der Waals surface area contributed by atoms with E-state index in [2.05, 4.69) is 15.3 Å². The van der Waals surface area contributed by atoms with E-state index in [1.54, 1.807) is 24.5 Å². The molecule has 2 aromatic rings. The van der Waals surface area contributed by atoms with E-state index in [-0.39, 0.29) is 11.4 Å². The van der Waals surface area contributed by atoms with E-state index < -0.39 is 0 Å². The number of hydrogen-bond acceptors (Lipinski definition) is 4. The van der Waals surface area contributed by atoms with Crippen molar-refractivity contribution in [3.05, 3.63) is 36.2 Å². The van der Waals surface area contributed by atoms with Gasteiger partial charge in [-0.05, 0) is 43.9 Å². The summed E-state index contributed by atoms with van der Waals surface area (Å²) in [5, 5.41) is 3.07. The maximum Gasteiger partial charge on any atom is 0.251 e. The van der Waals surface area contributed by atoms with Crippen LogP contribution in [0.4, 0.5) is 0 Å². The minimum atomic E-state index is -0.311. The van der Waals surface area contributed by atoms with Gasteiger partial charge in [-0.25, -0.2) is 0 Å². The average molecular weight is 270 g/mol. The molecule has 0 aliphatic heterocycles. The number of carbonyl (C=O) groups excluding carboxylic acids is 1. The number of hydrogen-bond donors (Lipinski definition) is 2. The fraction of sp³-hybridized carbons (Fsp3) is 0.400. The Bertz CT molecular complexity index is 653. The van der Waals surface area contributed by atoms with Crippen LogP contribution in [0.3, 0.4) is 0 Å². The molecule has 1 aliphatic rings. The van der Waals surface area contributed by atoms with Crippen molar-refractivity contribution in [2.45, 2.75) is 25.3 Å². The Labute approximate surface area is 117 Å². The van der Waals surface area contributed by atoms with Gasteiger partial charge in [-0.15, -0.1) is 0 Å². The number of carbonyl (C=O) groups is 1. The Morgan fingerprint density at radius 2 is 2.05 bits per heavy atom. The van der Waals surface area contributed by atoms with Crippen LogP contribution in [0.1, 0.15) is 30.1 Å². The molecule has 1 fully saturated rings. The lowest BCUT2D eigenvalue weighted by Gasteiger charge is -2.29. The molecule has 1 aromatic carbocycles. The first-order chi connectivity index (χ1) is 9.62. The third-order valence-corrected chi connectivity index (χ3v) is 4.03. The second-order valence-corrected chi connectivity index (χ2v) is 5.61. The third-order valence-electron chi connectivity index (χ3n) is 4.03. The van der Waals surface area contributed by atoms with Crippen LogP contribution >= 0.6 is 0 Å². The minimum absolute atomic E-state index is 0.0996. The van der Waals surface area contributed by atoms with E-state index in [9.17, 15) is 4.79 Å². The second-order valence-electron chi connectivity index (χ2n) is 5.61. The number of nitrogens with one attached hydrogen (secondary N) is 1. The van der Waals surface area contributed by atoms with Gasteiger partial charge in [0, 0.05) is 24.5 Å². The van der Waals surface area contributed by atoms with Crippen molar-refractivity contribution in [3.63, 3.8) is 0 Å². The summed E-state index contributed by atoms with van der Waals surface area (Å²) in [4.78, 5) is 20.8. The largest absolute Gasteiger partial charge is 0.345 e. The van der Waals surface area contributed by atoms with Crippen molar-refractivity contribution in [3.8, 4) is 0 Å². The summed E-state index contributed by atoms with van der Waals surface area (Å²) in [6, 6.07) is 5.35. The van der Waals surface area contributed by atoms with Crippen LogP contribution in [-0.4, -0.2) is 28.0 Å². The van der Waals surface area contributed by atoms with Crippen molar-refractivity contribution in [2.24, 2.45) is 11.7 Å². The lowest BCUT2D eigenvalue weighted by molar-refractivity contribution is 0.0898. The molecule has 1 amide bonds. The summed E-state index contributed by atoms with van der Waals surface area (Å²) in [5.74, 6) is 0.397. The molecule has 1 atom stereocenters. The van der Waals surface area contributed by atoms with E-state index in [0.29, 0.717) is 18.0 Å². The average Bonchev–Trinajstić information content (AvgIpc) is 3.31. The van der Waals surface area contributed by atoms with Gasteiger partial charge in [-0.3, -0.25) is 14.8 Å². The van der Waals surface area contributed by atoms with Crippen LogP contribution in [0.2, 0.25) is 0 Å². The van der Waals surface area contributed by atoms with Gasteiger partial charge in [0.1, 0.15) is 0 Å². The van der Waals surface area contributed by atoms with E-state index in [4.69, 9.17) is 5.73 Å². The highest BCUT2D eigenvalue weighted by Crippen LogP contribution is 2.39. The number of fused-ring (bicyclic) bond motifs is 1. The van der Waals surface area contributed by atoms with E-state index in [0.717, 1.165) is 23.9 Å². The van der Waals surface area contributed by atoms with Crippen LogP contribution in [0.15, 0.2) is 30.6 Å². The summed E-state index contributed by atoms with van der Waals surface area (Å²) in [7, 11) is 0. The summed E-state index contributed by atoms with van der Waals surface area (Å²) in [6.45, 7) is 2.47. The predicted molar refractivity (Wildman–Crippen MR) is 77.2 cm³/mol. The van der Waals surface area contributed by atoms with Gasteiger partial charge in [-0.1, -0.05) is 0 Å². The van der Waals surface area contributed by atoms with Crippen LogP contribution in [0.5, 0.6) is 0 Å². The van der Waals surface area contributed by atoms with Gasteiger partial charge in [0.2, 0.25) is 0 Å². The molecular formula is C15H18N4O. The number of amides is 1. The summed E-state index contributed by atoms with van der Waals surface area (Å²) in [6.07, 6.45) is 5.53. The van der Waals surface area contributed by atoms with Crippen LogP contribution in [-0.2, 0) is 0 Å². The number of benzene rings is 1. The molecule has 104 valence electrons. The Hall–Kier alpha value is -2.01. The fourth-order valence-electron chi connectivity index (χ4n) is 2.48. The molecule has 1 unspecified atom stereocenters. The first-order valence-corrected chi connectivity index (χ1v) is 6.86. The Balaban J connectivity index is 1.84. The molecule has 1 saturated carbocycles. The van der Waals surface area contributed by atoms with Crippen molar-refractivity contribution in [1.82, 2.24) is 15.3 Å². The lowest BCUT2D eigenvalue weighted by Crippen LogP contribution is -2.53. The minimum Gasteiger partial charge on any atom is -0.345 e. The highest BCUT2D eigenvalue weighted by atomic mass is 16.1. The molecule has 3 rings (SSSR count). The molecule has 1 aliphatic carbocycles. The molecule has 1 heterocycles. The van der Waals surface area contributed by atoms with Crippen molar-refractivity contribution in [2.75, 3.05) is 6.54 Å². The van der Waals surface area contributed by atoms with Crippen LogP contribution in [0, 0.1) is 5.92 Å². The maximum atomic E-state index is 12.4. The monoisotopic (exact) mass is 270 g/mol. The van der Waals surface area contributed by atoms with Gasteiger partial charge >= 0.3 is 0 Å². The molecular weight excluding hydrogens is 252 g/mol. The quantitative estimate of drug-likeness (QED) is 0.882. The maximum absolute atomic E-state index is 12.4. The number of nitrogens with zero attached hydrogens (tertiary/aromatic N) is 2. The number of rotatable bonds is 4. The lowest BCUT2D eigenvalue weighted by atomic mass is 9.95. The highest BCUT2D eigenvalue weighted by molar-refractivity contribution is 5.97. The molecule has 0 saturated heterocycles. The molecule has 20 heavy (non-hydrogen) atoms. The van der Waals surface area contributed by atoms with Crippen molar-refractivity contribution >= 4 is 16.9 Å². The zero-order valence-corrected chi connectivity index (χ0v) is 11.5. The smallest absolute Gasteiger partial charge is 0.251 e.